The molecule has 0 aliphatic heterocycles. The van der Waals surface area contributed by atoms with Crippen molar-refractivity contribution in [2.45, 2.75) is 25.3 Å². The number of rotatable bonds is 2. The van der Waals surface area contributed by atoms with E-state index in [0.29, 0.717) is 5.56 Å². The molecule has 1 aliphatic carbocycles. The molecule has 0 amide bonds. The van der Waals surface area contributed by atoms with Crippen molar-refractivity contribution in [2.24, 2.45) is 5.73 Å². The number of aryl methyl sites for hydroxylation is 2. The van der Waals surface area contributed by atoms with E-state index < -0.39 is 6.04 Å². The van der Waals surface area contributed by atoms with Crippen molar-refractivity contribution in [3.63, 3.8) is 0 Å². The molecule has 1 atom stereocenters. The summed E-state index contributed by atoms with van der Waals surface area (Å²) in [6.07, 6.45) is 3.24. The number of phenols is 1. The van der Waals surface area contributed by atoms with Crippen LogP contribution in [0.25, 0.3) is 0 Å². The molecule has 3 nitrogen and oxygen atoms in total. The second-order valence-corrected chi connectivity index (χ2v) is 3.82. The minimum atomic E-state index is -0.471. The van der Waals surface area contributed by atoms with Crippen LogP contribution in [-0.2, 0) is 12.8 Å². The average Bonchev–Trinajstić information content (AvgIpc) is 2.62. The molecule has 4 N–H and O–H groups in total. The standard InChI is InChI=1S/C11H15NO2/c12-10(6-13)9-4-7-2-1-3-8(7)5-11(9)14/h4-5,10,13-14H,1-3,6,12H2. The summed E-state index contributed by atoms with van der Waals surface area (Å²) in [5, 5.41) is 18.6. The van der Waals surface area contributed by atoms with Gasteiger partial charge in [-0.25, -0.2) is 0 Å². The van der Waals surface area contributed by atoms with Gasteiger partial charge in [-0.3, -0.25) is 0 Å². The molecule has 0 radical (unpaired) electrons. The second-order valence-electron chi connectivity index (χ2n) is 3.82. The summed E-state index contributed by atoms with van der Waals surface area (Å²) in [4.78, 5) is 0. The maximum Gasteiger partial charge on any atom is 0.120 e. The first kappa shape index (κ1) is 9.49. The zero-order valence-electron chi connectivity index (χ0n) is 8.03. The highest BCUT2D eigenvalue weighted by atomic mass is 16.3. The Balaban J connectivity index is 2.42. The number of aliphatic hydroxyl groups excluding tert-OH is 1. The first-order valence-corrected chi connectivity index (χ1v) is 4.93. The van der Waals surface area contributed by atoms with E-state index in [1.54, 1.807) is 6.07 Å². The Hall–Kier alpha value is -1.06. The fraction of sp³-hybridized carbons (Fsp3) is 0.455. The van der Waals surface area contributed by atoms with Crippen molar-refractivity contribution < 1.29 is 10.2 Å². The van der Waals surface area contributed by atoms with Gasteiger partial charge in [-0.2, -0.15) is 0 Å². The van der Waals surface area contributed by atoms with Crippen LogP contribution in [0.2, 0.25) is 0 Å². The normalized spacial score (nSPS) is 16.7. The van der Waals surface area contributed by atoms with Gasteiger partial charge in [-0.15, -0.1) is 0 Å². The van der Waals surface area contributed by atoms with Crippen LogP contribution in [0.4, 0.5) is 0 Å². The van der Waals surface area contributed by atoms with Crippen molar-refractivity contribution in [1.29, 1.82) is 0 Å². The topological polar surface area (TPSA) is 66.5 Å². The van der Waals surface area contributed by atoms with Crippen LogP contribution in [0.1, 0.15) is 29.2 Å². The van der Waals surface area contributed by atoms with E-state index in [1.807, 2.05) is 6.07 Å². The first-order chi connectivity index (χ1) is 6.72. The van der Waals surface area contributed by atoms with Gasteiger partial charge in [0.25, 0.3) is 0 Å². The Kier molecular flexibility index (Phi) is 2.44. The Bertz CT molecular complexity index is 349. The molecule has 1 aromatic carbocycles. The SMILES string of the molecule is NC(CO)c1cc2c(cc1O)CCC2. The van der Waals surface area contributed by atoms with Gasteiger partial charge < -0.3 is 15.9 Å². The molecule has 0 bridgehead atoms. The van der Waals surface area contributed by atoms with Crippen molar-refractivity contribution in [3.8, 4) is 5.75 Å². The molecule has 0 saturated heterocycles. The van der Waals surface area contributed by atoms with Crippen LogP contribution in [0.3, 0.4) is 0 Å². The highest BCUT2D eigenvalue weighted by Crippen LogP contribution is 2.31. The fourth-order valence-corrected chi connectivity index (χ4v) is 2.03. The van der Waals surface area contributed by atoms with Gasteiger partial charge in [0.15, 0.2) is 0 Å². The number of hydrogen-bond acceptors (Lipinski definition) is 3. The summed E-state index contributed by atoms with van der Waals surface area (Å²) in [7, 11) is 0. The molecule has 14 heavy (non-hydrogen) atoms. The van der Waals surface area contributed by atoms with E-state index >= 15 is 0 Å². The minimum Gasteiger partial charge on any atom is -0.508 e. The number of nitrogens with two attached hydrogens (primary N) is 1. The third kappa shape index (κ3) is 1.49. The summed E-state index contributed by atoms with van der Waals surface area (Å²) in [6.45, 7) is -0.133. The zero-order chi connectivity index (χ0) is 10.1. The van der Waals surface area contributed by atoms with Crippen molar-refractivity contribution in [3.05, 3.63) is 28.8 Å². The lowest BCUT2D eigenvalue weighted by Gasteiger charge is -2.12. The monoisotopic (exact) mass is 193 g/mol. The molecule has 1 aromatic rings. The van der Waals surface area contributed by atoms with E-state index in [2.05, 4.69) is 0 Å². The van der Waals surface area contributed by atoms with Gasteiger partial charge in [0.2, 0.25) is 0 Å². The Morgan fingerprint density at radius 2 is 1.93 bits per heavy atom. The van der Waals surface area contributed by atoms with Gasteiger partial charge in [-0.05, 0) is 36.5 Å². The van der Waals surface area contributed by atoms with E-state index in [-0.39, 0.29) is 12.4 Å². The van der Waals surface area contributed by atoms with Crippen LogP contribution in [0.5, 0.6) is 5.75 Å². The first-order valence-electron chi connectivity index (χ1n) is 4.93. The summed E-state index contributed by atoms with van der Waals surface area (Å²) >= 11 is 0. The number of benzene rings is 1. The molecule has 0 aromatic heterocycles. The molecule has 0 fully saturated rings. The Labute approximate surface area is 83.2 Å². The van der Waals surface area contributed by atoms with Crippen molar-refractivity contribution in [2.75, 3.05) is 6.61 Å². The zero-order valence-corrected chi connectivity index (χ0v) is 8.03. The molecule has 3 heteroatoms. The lowest BCUT2D eigenvalue weighted by molar-refractivity contribution is 0.265. The van der Waals surface area contributed by atoms with E-state index in [1.165, 1.54) is 11.1 Å². The number of phenolic OH excluding ortho intramolecular Hbond substituents is 1. The molecule has 0 heterocycles. The quantitative estimate of drug-likeness (QED) is 0.653. The van der Waals surface area contributed by atoms with Crippen LogP contribution in [-0.4, -0.2) is 16.8 Å². The summed E-state index contributed by atoms with van der Waals surface area (Å²) in [5.41, 5.74) is 8.82. The predicted octanol–water partition coefficient (Wildman–Crippen LogP) is 0.873. The maximum absolute atomic E-state index is 9.69. The third-order valence-corrected chi connectivity index (χ3v) is 2.84. The highest BCUT2D eigenvalue weighted by molar-refractivity contribution is 5.45. The average molecular weight is 193 g/mol. The van der Waals surface area contributed by atoms with E-state index in [9.17, 15) is 5.11 Å². The van der Waals surface area contributed by atoms with Crippen LogP contribution in [0, 0.1) is 0 Å². The minimum absolute atomic E-state index is 0.133. The lowest BCUT2D eigenvalue weighted by Crippen LogP contribution is -2.15. The van der Waals surface area contributed by atoms with Crippen LogP contribution >= 0.6 is 0 Å². The molecule has 1 unspecified atom stereocenters. The van der Waals surface area contributed by atoms with Crippen molar-refractivity contribution >= 4 is 0 Å². The van der Waals surface area contributed by atoms with Gasteiger partial charge in [0.05, 0.1) is 12.6 Å². The maximum atomic E-state index is 9.69. The lowest BCUT2D eigenvalue weighted by atomic mass is 10.0. The van der Waals surface area contributed by atoms with E-state index in [0.717, 1.165) is 19.3 Å². The fourth-order valence-electron chi connectivity index (χ4n) is 2.03. The van der Waals surface area contributed by atoms with Gasteiger partial charge in [-0.1, -0.05) is 6.07 Å². The Morgan fingerprint density at radius 3 is 2.57 bits per heavy atom. The second kappa shape index (κ2) is 3.59. The summed E-state index contributed by atoms with van der Waals surface area (Å²) < 4.78 is 0. The predicted molar refractivity (Wildman–Crippen MR) is 54.1 cm³/mol. The summed E-state index contributed by atoms with van der Waals surface area (Å²) in [6, 6.07) is 3.24. The van der Waals surface area contributed by atoms with Gasteiger partial charge in [0.1, 0.15) is 5.75 Å². The summed E-state index contributed by atoms with van der Waals surface area (Å²) in [5.74, 6) is 0.215. The number of aromatic hydroxyl groups is 1. The molecule has 1 aliphatic rings. The van der Waals surface area contributed by atoms with Crippen LogP contribution in [0.15, 0.2) is 12.1 Å². The van der Waals surface area contributed by atoms with Gasteiger partial charge >= 0.3 is 0 Å². The molecular formula is C11H15NO2. The number of hydrogen-bond donors (Lipinski definition) is 3. The largest absolute Gasteiger partial charge is 0.508 e. The highest BCUT2D eigenvalue weighted by Gasteiger charge is 2.17. The molecule has 76 valence electrons. The molecular weight excluding hydrogens is 178 g/mol. The molecule has 0 spiro atoms. The number of fused-ring (bicyclic) bond motifs is 1. The third-order valence-electron chi connectivity index (χ3n) is 2.84. The van der Waals surface area contributed by atoms with Crippen LogP contribution < -0.4 is 5.73 Å². The molecule has 2 rings (SSSR count). The number of aliphatic hydroxyl groups is 1. The Morgan fingerprint density at radius 1 is 1.29 bits per heavy atom. The van der Waals surface area contributed by atoms with E-state index in [4.69, 9.17) is 10.8 Å². The molecule has 0 saturated carbocycles. The smallest absolute Gasteiger partial charge is 0.120 e. The van der Waals surface area contributed by atoms with Gasteiger partial charge in [0, 0.05) is 5.56 Å². The van der Waals surface area contributed by atoms with Crippen molar-refractivity contribution in [1.82, 2.24) is 0 Å².